The molecule has 1 unspecified atom stereocenters. The Hall–Kier alpha value is -3.52. The third-order valence-electron chi connectivity index (χ3n) is 6.36. The molecular weight excluding hydrogens is 474 g/mol. The van der Waals surface area contributed by atoms with E-state index in [1.165, 1.54) is 11.3 Å². The fourth-order valence-corrected chi connectivity index (χ4v) is 5.51. The van der Waals surface area contributed by atoms with E-state index in [-0.39, 0.29) is 17.1 Å². The van der Waals surface area contributed by atoms with Crippen molar-refractivity contribution in [1.29, 1.82) is 0 Å². The Morgan fingerprint density at radius 2 is 1.83 bits per heavy atom. The van der Waals surface area contributed by atoms with E-state index in [0.29, 0.717) is 28.3 Å². The zero-order valence-corrected chi connectivity index (χ0v) is 21.6. The number of carbonyl (C=O) groups is 1. The number of fused-ring (bicyclic) bond motifs is 2. The van der Waals surface area contributed by atoms with Crippen molar-refractivity contribution >= 4 is 33.3 Å². The second-order valence-electron chi connectivity index (χ2n) is 9.10. The van der Waals surface area contributed by atoms with Crippen molar-refractivity contribution in [1.82, 2.24) is 10.2 Å². The van der Waals surface area contributed by atoms with Crippen LogP contribution < -0.4 is 15.1 Å². The summed E-state index contributed by atoms with van der Waals surface area (Å²) in [4.78, 5) is 29.0. The Bertz CT molecular complexity index is 1460. The second-order valence-corrected chi connectivity index (χ2v) is 10.1. The summed E-state index contributed by atoms with van der Waals surface area (Å²) in [7, 11) is 0. The highest BCUT2D eigenvalue weighted by atomic mass is 32.1. The van der Waals surface area contributed by atoms with Crippen LogP contribution in [0.3, 0.4) is 0 Å². The van der Waals surface area contributed by atoms with Crippen molar-refractivity contribution in [2.24, 2.45) is 0 Å². The first-order chi connectivity index (χ1) is 17.5. The van der Waals surface area contributed by atoms with Crippen molar-refractivity contribution in [3.8, 4) is 5.75 Å². The molecule has 36 heavy (non-hydrogen) atoms. The van der Waals surface area contributed by atoms with E-state index in [2.05, 4.69) is 24.0 Å². The van der Waals surface area contributed by atoms with Crippen LogP contribution in [0, 0.1) is 6.92 Å². The van der Waals surface area contributed by atoms with Gasteiger partial charge in [-0.3, -0.25) is 14.5 Å². The molecule has 1 amide bonds. The Morgan fingerprint density at radius 1 is 1.03 bits per heavy atom. The molecule has 0 spiro atoms. The molecule has 7 nitrogen and oxygen atoms in total. The zero-order valence-electron chi connectivity index (χ0n) is 20.7. The molecule has 1 aliphatic heterocycles. The summed E-state index contributed by atoms with van der Waals surface area (Å²) in [5.41, 5.74) is 2.27. The lowest BCUT2D eigenvalue weighted by atomic mass is 9.98. The van der Waals surface area contributed by atoms with Gasteiger partial charge in [-0.2, -0.15) is 0 Å². The maximum absolute atomic E-state index is 13.8. The lowest BCUT2D eigenvalue weighted by Gasteiger charge is -2.22. The summed E-state index contributed by atoms with van der Waals surface area (Å²) in [6, 6.07) is 12.3. The van der Waals surface area contributed by atoms with E-state index >= 15 is 0 Å². The maximum Gasteiger partial charge on any atom is 0.297 e. The summed E-state index contributed by atoms with van der Waals surface area (Å²) >= 11 is 1.37. The van der Waals surface area contributed by atoms with Crippen LogP contribution in [0.15, 0.2) is 51.7 Å². The summed E-state index contributed by atoms with van der Waals surface area (Å²) in [5.74, 6) is 0.440. The molecule has 5 rings (SSSR count). The number of aryl methyl sites for hydroxylation is 2. The van der Waals surface area contributed by atoms with Gasteiger partial charge >= 0.3 is 0 Å². The second kappa shape index (κ2) is 10.2. The summed E-state index contributed by atoms with van der Waals surface area (Å²) in [5, 5.41) is 10.4. The van der Waals surface area contributed by atoms with Gasteiger partial charge in [0.15, 0.2) is 5.43 Å². The van der Waals surface area contributed by atoms with Crippen molar-refractivity contribution in [2.75, 3.05) is 11.5 Å². The van der Waals surface area contributed by atoms with Crippen molar-refractivity contribution in [3.63, 3.8) is 0 Å². The van der Waals surface area contributed by atoms with Crippen LogP contribution in [-0.4, -0.2) is 22.7 Å². The minimum absolute atomic E-state index is 0.0634. The van der Waals surface area contributed by atoms with E-state index < -0.39 is 6.04 Å². The van der Waals surface area contributed by atoms with Crippen LogP contribution in [0.4, 0.5) is 5.13 Å². The number of anilines is 1. The number of unbranched alkanes of at least 4 members (excludes halogenated alkanes) is 2. The van der Waals surface area contributed by atoms with Crippen molar-refractivity contribution in [3.05, 3.63) is 80.1 Å². The SMILES string of the molecule is CCCCCOc1ccc(C2c3c(oc4ccc(C)cc4c3=O)C(=O)N2c2nnc(CCC)s2)cc1. The number of hydrogen-bond donors (Lipinski definition) is 0. The third-order valence-corrected chi connectivity index (χ3v) is 7.35. The number of ether oxygens (including phenoxy) is 1. The van der Waals surface area contributed by atoms with Gasteiger partial charge in [0.25, 0.3) is 5.91 Å². The predicted molar refractivity (Wildman–Crippen MR) is 141 cm³/mol. The van der Waals surface area contributed by atoms with Gasteiger partial charge in [-0.1, -0.05) is 61.8 Å². The average Bonchev–Trinajstić information content (AvgIpc) is 3.45. The highest BCUT2D eigenvalue weighted by Crippen LogP contribution is 2.42. The van der Waals surface area contributed by atoms with E-state index in [0.717, 1.165) is 54.0 Å². The van der Waals surface area contributed by atoms with Gasteiger partial charge in [-0.15, -0.1) is 10.2 Å². The van der Waals surface area contributed by atoms with Crippen molar-refractivity contribution in [2.45, 2.75) is 58.9 Å². The van der Waals surface area contributed by atoms with E-state index in [9.17, 15) is 9.59 Å². The van der Waals surface area contributed by atoms with E-state index in [1.54, 1.807) is 11.0 Å². The number of nitrogens with zero attached hydrogens (tertiary/aromatic N) is 3. The monoisotopic (exact) mass is 503 g/mol. The first-order valence-corrected chi connectivity index (χ1v) is 13.3. The molecule has 0 saturated heterocycles. The topological polar surface area (TPSA) is 85.5 Å². The number of carbonyl (C=O) groups excluding carboxylic acids is 1. The van der Waals surface area contributed by atoms with Gasteiger partial charge in [0.1, 0.15) is 16.3 Å². The fourth-order valence-electron chi connectivity index (χ4n) is 4.54. The molecule has 3 heterocycles. The van der Waals surface area contributed by atoms with Crippen molar-refractivity contribution < 1.29 is 13.9 Å². The standard InChI is InChI=1S/C28H29N3O4S/c1-4-6-7-15-34-19-12-10-18(11-13-19)24-23-25(32)20-16-17(3)9-14-21(20)35-26(23)27(33)31(24)28-30-29-22(36-28)8-5-2/h9-14,16,24H,4-8,15H2,1-3H3. The smallest absolute Gasteiger partial charge is 0.297 e. The molecule has 8 heteroatoms. The van der Waals surface area contributed by atoms with Gasteiger partial charge in [0, 0.05) is 6.42 Å². The van der Waals surface area contributed by atoms with Gasteiger partial charge in [0.05, 0.1) is 23.6 Å². The summed E-state index contributed by atoms with van der Waals surface area (Å²) in [6.45, 7) is 6.81. The molecule has 0 saturated carbocycles. The highest BCUT2D eigenvalue weighted by Gasteiger charge is 2.45. The lowest BCUT2D eigenvalue weighted by Crippen LogP contribution is -2.29. The zero-order chi connectivity index (χ0) is 25.2. The maximum atomic E-state index is 13.8. The molecule has 1 atom stereocenters. The third kappa shape index (κ3) is 4.41. The van der Waals surface area contributed by atoms with Crippen LogP contribution in [0.1, 0.15) is 77.8 Å². The molecule has 2 aromatic carbocycles. The molecule has 2 aromatic heterocycles. The highest BCUT2D eigenvalue weighted by molar-refractivity contribution is 7.15. The molecule has 0 aliphatic carbocycles. The fraction of sp³-hybridized carbons (Fsp3) is 0.357. The summed E-state index contributed by atoms with van der Waals surface area (Å²) < 4.78 is 11.9. The molecular formula is C28H29N3O4S. The molecule has 0 N–H and O–H groups in total. The average molecular weight is 504 g/mol. The first-order valence-electron chi connectivity index (χ1n) is 12.5. The Labute approximate surface area is 213 Å². The molecule has 186 valence electrons. The number of rotatable bonds is 9. The minimum Gasteiger partial charge on any atom is -0.494 e. The lowest BCUT2D eigenvalue weighted by molar-refractivity contribution is 0.0970. The molecule has 0 bridgehead atoms. The van der Waals surface area contributed by atoms with Crippen LogP contribution >= 0.6 is 11.3 Å². The molecule has 4 aromatic rings. The Balaban J connectivity index is 1.60. The molecule has 0 fully saturated rings. The van der Waals surface area contributed by atoms with E-state index in [4.69, 9.17) is 9.15 Å². The van der Waals surface area contributed by atoms with Crippen LogP contribution in [0.5, 0.6) is 5.75 Å². The minimum atomic E-state index is -0.662. The van der Waals surface area contributed by atoms with Gasteiger partial charge in [-0.05, 0) is 49.6 Å². The first kappa shape index (κ1) is 24.2. The Kier molecular flexibility index (Phi) is 6.87. The van der Waals surface area contributed by atoms with Crippen LogP contribution in [0.2, 0.25) is 0 Å². The predicted octanol–water partition coefficient (Wildman–Crippen LogP) is 6.22. The largest absolute Gasteiger partial charge is 0.494 e. The molecule has 0 radical (unpaired) electrons. The quantitative estimate of drug-likeness (QED) is 0.252. The number of amides is 1. The Morgan fingerprint density at radius 3 is 2.58 bits per heavy atom. The summed E-state index contributed by atoms with van der Waals surface area (Å²) in [6.07, 6.45) is 4.97. The number of aromatic nitrogens is 2. The van der Waals surface area contributed by atoms with Gasteiger partial charge in [0.2, 0.25) is 10.9 Å². The van der Waals surface area contributed by atoms with Crippen LogP contribution in [-0.2, 0) is 6.42 Å². The number of benzene rings is 2. The normalized spacial score (nSPS) is 15.0. The van der Waals surface area contributed by atoms with Gasteiger partial charge < -0.3 is 9.15 Å². The van der Waals surface area contributed by atoms with E-state index in [1.807, 2.05) is 43.3 Å². The van der Waals surface area contributed by atoms with Crippen LogP contribution in [0.25, 0.3) is 11.0 Å². The number of hydrogen-bond acceptors (Lipinski definition) is 7. The molecule has 1 aliphatic rings. The van der Waals surface area contributed by atoms with Gasteiger partial charge in [-0.25, -0.2) is 0 Å².